The zero-order valence-corrected chi connectivity index (χ0v) is 27.8. The minimum atomic E-state index is -0.882. The van der Waals surface area contributed by atoms with Crippen LogP contribution in [0.4, 0.5) is 16.2 Å². The number of urea groups is 1. The number of rotatable bonds is 11. The molecule has 12 heteroatoms. The van der Waals surface area contributed by atoms with E-state index in [1.165, 1.54) is 12.1 Å². The smallest absolute Gasteiger partial charge is 0.335 e. The number of aryl methyl sites for hydroxylation is 2. The summed E-state index contributed by atoms with van der Waals surface area (Å²) in [6.07, 6.45) is 2.16. The molecule has 5 amide bonds. The molecule has 1 aliphatic heterocycles. The molecule has 1 fully saturated rings. The lowest BCUT2D eigenvalue weighted by Crippen LogP contribution is -2.54. The van der Waals surface area contributed by atoms with Crippen LogP contribution >= 0.6 is 31.9 Å². The average molecular weight is 729 g/mol. The van der Waals surface area contributed by atoms with Gasteiger partial charge >= 0.3 is 6.03 Å². The summed E-state index contributed by atoms with van der Waals surface area (Å²) in [4.78, 5) is 52.5. The maximum Gasteiger partial charge on any atom is 0.335 e. The van der Waals surface area contributed by atoms with Crippen molar-refractivity contribution in [2.24, 2.45) is 0 Å². The van der Waals surface area contributed by atoms with E-state index < -0.39 is 17.8 Å². The Bertz CT molecular complexity index is 1630. The Kier molecular flexibility index (Phi) is 10.8. The second kappa shape index (κ2) is 14.5. The number of benzene rings is 3. The van der Waals surface area contributed by atoms with Crippen molar-refractivity contribution in [2.75, 3.05) is 30.0 Å². The number of nitrogens with one attached hydrogen (secondary N) is 2. The fourth-order valence-electron chi connectivity index (χ4n) is 4.29. The van der Waals surface area contributed by atoms with Gasteiger partial charge in [-0.2, -0.15) is 0 Å². The number of imide groups is 2. The van der Waals surface area contributed by atoms with Gasteiger partial charge in [0.2, 0.25) is 0 Å². The van der Waals surface area contributed by atoms with Gasteiger partial charge in [-0.3, -0.25) is 19.7 Å². The number of halogens is 2. The SMILES string of the molecule is CCCOc1ccc(N2C(=O)NC(=O)/C(=C\c3cc(Br)c(OCC(=O)Nc4cc(C)ccc4C)c(Br)c3)C2=O)cc1OCC. The van der Waals surface area contributed by atoms with Gasteiger partial charge in [0.15, 0.2) is 18.1 Å². The van der Waals surface area contributed by atoms with Gasteiger partial charge in [0.05, 0.1) is 27.8 Å². The molecule has 0 atom stereocenters. The van der Waals surface area contributed by atoms with Crippen molar-refractivity contribution in [2.45, 2.75) is 34.1 Å². The largest absolute Gasteiger partial charge is 0.490 e. The lowest BCUT2D eigenvalue weighted by atomic mass is 10.1. The quantitative estimate of drug-likeness (QED) is 0.166. The lowest BCUT2D eigenvalue weighted by Gasteiger charge is -2.27. The van der Waals surface area contributed by atoms with Crippen LogP contribution in [-0.4, -0.2) is 43.6 Å². The molecule has 0 aromatic heterocycles. The highest BCUT2D eigenvalue weighted by Crippen LogP contribution is 2.37. The Hall–Kier alpha value is -4.16. The van der Waals surface area contributed by atoms with Crippen LogP contribution in [0.2, 0.25) is 0 Å². The summed E-state index contributed by atoms with van der Waals surface area (Å²) in [5.74, 6) is -0.774. The fraction of sp³-hybridized carbons (Fsp3) is 0.250. The number of ether oxygens (including phenoxy) is 3. The molecular weight excluding hydrogens is 698 g/mol. The first kappa shape index (κ1) is 32.7. The molecule has 44 heavy (non-hydrogen) atoms. The van der Waals surface area contributed by atoms with Gasteiger partial charge in [-0.15, -0.1) is 0 Å². The highest BCUT2D eigenvalue weighted by Gasteiger charge is 2.37. The number of barbiturate groups is 1. The Morgan fingerprint density at radius 1 is 0.932 bits per heavy atom. The summed E-state index contributed by atoms with van der Waals surface area (Å²) in [7, 11) is 0. The second-order valence-corrected chi connectivity index (χ2v) is 11.5. The van der Waals surface area contributed by atoms with Gasteiger partial charge in [0.25, 0.3) is 17.7 Å². The monoisotopic (exact) mass is 727 g/mol. The first-order valence-corrected chi connectivity index (χ1v) is 15.4. The molecule has 10 nitrogen and oxygen atoms in total. The number of anilines is 2. The van der Waals surface area contributed by atoms with Gasteiger partial charge in [0, 0.05) is 11.8 Å². The van der Waals surface area contributed by atoms with Crippen LogP contribution < -0.4 is 29.7 Å². The van der Waals surface area contributed by atoms with E-state index in [2.05, 4.69) is 42.5 Å². The molecule has 3 aromatic rings. The number of carbonyl (C=O) groups is 4. The minimum Gasteiger partial charge on any atom is -0.490 e. The van der Waals surface area contributed by atoms with Crippen molar-refractivity contribution in [3.05, 3.63) is 79.7 Å². The molecule has 3 aromatic carbocycles. The van der Waals surface area contributed by atoms with Crippen LogP contribution in [0, 0.1) is 13.8 Å². The normalized spacial score (nSPS) is 14.0. The second-order valence-electron chi connectivity index (χ2n) is 9.84. The van der Waals surface area contributed by atoms with Crippen molar-refractivity contribution in [1.29, 1.82) is 0 Å². The van der Waals surface area contributed by atoms with Gasteiger partial charge in [-0.05, 0) is 112 Å². The van der Waals surface area contributed by atoms with Crippen LogP contribution in [0.1, 0.15) is 37.0 Å². The molecule has 230 valence electrons. The molecule has 0 bridgehead atoms. The molecule has 4 rings (SSSR count). The Labute approximate surface area is 272 Å². The predicted molar refractivity (Wildman–Crippen MR) is 174 cm³/mol. The van der Waals surface area contributed by atoms with E-state index in [9.17, 15) is 19.2 Å². The molecule has 0 saturated carbocycles. The van der Waals surface area contributed by atoms with Crippen molar-refractivity contribution in [1.82, 2.24) is 5.32 Å². The molecule has 1 aliphatic rings. The summed E-state index contributed by atoms with van der Waals surface area (Å²) in [6.45, 7) is 8.18. The zero-order chi connectivity index (χ0) is 32.0. The molecular formula is C32H31Br2N3O7. The molecule has 1 heterocycles. The van der Waals surface area contributed by atoms with E-state index in [0.717, 1.165) is 22.4 Å². The van der Waals surface area contributed by atoms with Crippen molar-refractivity contribution < 1.29 is 33.4 Å². The van der Waals surface area contributed by atoms with Gasteiger partial charge in [0.1, 0.15) is 11.3 Å². The van der Waals surface area contributed by atoms with Gasteiger partial charge in [-0.25, -0.2) is 9.69 Å². The zero-order valence-electron chi connectivity index (χ0n) is 24.6. The summed E-state index contributed by atoms with van der Waals surface area (Å²) in [5, 5.41) is 5.07. The van der Waals surface area contributed by atoms with E-state index in [1.54, 1.807) is 24.3 Å². The highest BCUT2D eigenvalue weighted by atomic mass is 79.9. The first-order valence-electron chi connectivity index (χ1n) is 13.8. The third-order valence-corrected chi connectivity index (χ3v) is 7.57. The maximum absolute atomic E-state index is 13.5. The van der Waals surface area contributed by atoms with Crippen LogP contribution in [0.3, 0.4) is 0 Å². The van der Waals surface area contributed by atoms with Gasteiger partial charge in [-0.1, -0.05) is 19.1 Å². The van der Waals surface area contributed by atoms with E-state index >= 15 is 0 Å². The summed E-state index contributed by atoms with van der Waals surface area (Å²) >= 11 is 6.89. The predicted octanol–water partition coefficient (Wildman–Crippen LogP) is 6.70. The fourth-order valence-corrected chi connectivity index (χ4v) is 5.74. The first-order chi connectivity index (χ1) is 21.0. The molecule has 0 spiro atoms. The third kappa shape index (κ3) is 7.67. The topological polar surface area (TPSA) is 123 Å². The van der Waals surface area contributed by atoms with Crippen LogP contribution in [0.25, 0.3) is 6.08 Å². The average Bonchev–Trinajstić information content (AvgIpc) is 2.96. The van der Waals surface area contributed by atoms with Crippen molar-refractivity contribution in [3.8, 4) is 17.2 Å². The number of hydrogen-bond donors (Lipinski definition) is 2. The van der Waals surface area contributed by atoms with Crippen LogP contribution in [0.15, 0.2) is 63.0 Å². The van der Waals surface area contributed by atoms with Crippen LogP contribution in [-0.2, 0) is 14.4 Å². The Balaban J connectivity index is 1.54. The Morgan fingerprint density at radius 2 is 1.66 bits per heavy atom. The van der Waals surface area contributed by atoms with Crippen molar-refractivity contribution in [3.63, 3.8) is 0 Å². The summed E-state index contributed by atoms with van der Waals surface area (Å²) < 4.78 is 18.1. The van der Waals surface area contributed by atoms with Crippen LogP contribution in [0.5, 0.6) is 17.2 Å². The highest BCUT2D eigenvalue weighted by molar-refractivity contribution is 9.11. The standard InChI is InChI=1S/C32H31Br2N3O7/c1-5-11-43-26-10-9-21(16-27(26)42-6-2)37-31(40)22(30(39)36-32(37)41)13-20-14-23(33)29(24(34)15-20)44-17-28(38)35-25-12-18(3)7-8-19(25)4/h7-10,12-16H,5-6,11,17H2,1-4H3,(H,35,38)(H,36,39,41)/b22-13+. The number of nitrogens with zero attached hydrogens (tertiary/aromatic N) is 1. The minimum absolute atomic E-state index is 0.212. The number of carbonyl (C=O) groups excluding carboxylic acids is 4. The molecule has 1 saturated heterocycles. The van der Waals surface area contributed by atoms with E-state index in [4.69, 9.17) is 14.2 Å². The maximum atomic E-state index is 13.5. The van der Waals surface area contributed by atoms with Crippen molar-refractivity contribution >= 4 is 73.1 Å². The molecule has 0 unspecified atom stereocenters. The third-order valence-electron chi connectivity index (χ3n) is 6.40. The van der Waals surface area contributed by atoms with E-state index in [-0.39, 0.29) is 23.8 Å². The van der Waals surface area contributed by atoms with Gasteiger partial charge < -0.3 is 19.5 Å². The summed E-state index contributed by atoms with van der Waals surface area (Å²) in [5.41, 5.74) is 3.07. The van der Waals surface area contributed by atoms with E-state index in [0.29, 0.717) is 50.7 Å². The molecule has 0 radical (unpaired) electrons. The number of hydrogen-bond acceptors (Lipinski definition) is 7. The van der Waals surface area contributed by atoms with E-state index in [1.807, 2.05) is 45.9 Å². The number of amides is 5. The molecule has 0 aliphatic carbocycles. The lowest BCUT2D eigenvalue weighted by molar-refractivity contribution is -0.122. The molecule has 2 N–H and O–H groups in total. The Morgan fingerprint density at radius 3 is 2.34 bits per heavy atom. The summed E-state index contributed by atoms with van der Waals surface area (Å²) in [6, 6.07) is 12.8.